The van der Waals surface area contributed by atoms with Gasteiger partial charge in [0.2, 0.25) is 11.5 Å². The quantitative estimate of drug-likeness (QED) is 0.0305. The Bertz CT molecular complexity index is 3110. The first-order chi connectivity index (χ1) is 58.2. The number of amides is 2. The third kappa shape index (κ3) is 39.5. The van der Waals surface area contributed by atoms with Gasteiger partial charge in [0, 0.05) is 70.0 Å². The van der Waals surface area contributed by atoms with E-state index in [1.807, 2.05) is 97.1 Å². The van der Waals surface area contributed by atoms with E-state index in [0.29, 0.717) is 242 Å². The van der Waals surface area contributed by atoms with Crippen molar-refractivity contribution in [2.45, 2.75) is 0 Å². The van der Waals surface area contributed by atoms with Crippen LogP contribution in [0.4, 0.5) is 0 Å². The first-order valence-corrected chi connectivity index (χ1v) is 40.1. The van der Waals surface area contributed by atoms with E-state index in [0.717, 1.165) is 22.3 Å². The molecule has 2 aliphatic rings. The number of hydrogen-bond donors (Lipinski definition) is 0. The Hall–Kier alpha value is -7.30. The van der Waals surface area contributed by atoms with Crippen LogP contribution < -0.4 is 28.4 Å². The van der Waals surface area contributed by atoms with Gasteiger partial charge in [0.25, 0.3) is 11.8 Å². The number of rotatable bonds is 78. The van der Waals surface area contributed by atoms with E-state index < -0.39 is 0 Å². The maximum absolute atomic E-state index is 15.4. The van der Waals surface area contributed by atoms with Crippen molar-refractivity contribution < 1.29 is 142 Å². The van der Waals surface area contributed by atoms with Gasteiger partial charge in [-0.15, -0.1) is 0 Å². The van der Waals surface area contributed by atoms with Crippen molar-refractivity contribution >= 4 is 47.5 Å². The van der Waals surface area contributed by atoms with Gasteiger partial charge in [-0.2, -0.15) is 0 Å². The van der Waals surface area contributed by atoms with Crippen molar-refractivity contribution in [1.82, 2.24) is 9.80 Å². The summed E-state index contributed by atoms with van der Waals surface area (Å²) in [7, 11) is 12.9. The van der Waals surface area contributed by atoms with Gasteiger partial charge >= 0.3 is 0 Å². The first kappa shape index (κ1) is 99.5. The van der Waals surface area contributed by atoms with Crippen LogP contribution in [-0.2, 0) is 114 Å². The molecule has 0 saturated carbocycles. The van der Waals surface area contributed by atoms with Gasteiger partial charge in [-0.3, -0.25) is 9.59 Å². The van der Waals surface area contributed by atoms with Crippen LogP contribution in [0.5, 0.6) is 34.5 Å². The summed E-state index contributed by atoms with van der Waals surface area (Å²) in [4.78, 5) is 34.2. The molecule has 4 aromatic rings. The summed E-state index contributed by atoms with van der Waals surface area (Å²) in [5.41, 5.74) is 5.75. The van der Waals surface area contributed by atoms with Crippen LogP contribution in [0, 0.1) is 0 Å². The number of carbonyl (C=O) groups is 2. The molecule has 6 rings (SSSR count). The van der Waals surface area contributed by atoms with Gasteiger partial charge in [0.15, 0.2) is 23.0 Å². The largest absolute Gasteiger partial charge is 0.487 e. The molecule has 2 amide bonds. The highest BCUT2D eigenvalue weighted by atomic mass is 16.6. The lowest BCUT2D eigenvalue weighted by molar-refractivity contribution is -0.124. The van der Waals surface area contributed by atoms with Gasteiger partial charge in [-0.25, -0.2) is 0 Å². The summed E-state index contributed by atoms with van der Waals surface area (Å²) in [6, 6.07) is 22.8. The molecule has 118 heavy (non-hydrogen) atoms. The summed E-state index contributed by atoms with van der Waals surface area (Å²) < 4.78 is 160. The van der Waals surface area contributed by atoms with Crippen molar-refractivity contribution in [1.29, 1.82) is 0 Å². The minimum Gasteiger partial charge on any atom is -0.487 e. The average molecular weight is 1670 g/mol. The number of benzene rings is 4. The highest BCUT2D eigenvalue weighted by Gasteiger charge is 2.48. The molecule has 0 unspecified atom stereocenters. The molecule has 0 bridgehead atoms. The lowest BCUT2D eigenvalue weighted by atomic mass is 10.0. The van der Waals surface area contributed by atoms with Crippen LogP contribution in [0.3, 0.4) is 0 Å². The maximum Gasteiger partial charge on any atom is 0.261 e. The molecule has 0 N–H and O–H groups in total. The molecule has 0 atom stereocenters. The number of ether oxygens (including phenoxy) is 28. The monoisotopic (exact) mass is 1670 g/mol. The van der Waals surface area contributed by atoms with Crippen molar-refractivity contribution in [3.63, 3.8) is 0 Å². The van der Waals surface area contributed by atoms with Gasteiger partial charge in [-0.05, 0) is 57.6 Å². The molecular weight excluding hydrogens is 1540 g/mol. The van der Waals surface area contributed by atoms with Crippen LogP contribution in [0.1, 0.15) is 33.4 Å². The van der Waals surface area contributed by atoms with Gasteiger partial charge in [0.05, 0.1) is 260 Å². The number of carbonyl (C=O) groups excluding carboxylic acids is 2. The van der Waals surface area contributed by atoms with E-state index in [2.05, 4.69) is 0 Å². The fourth-order valence-corrected chi connectivity index (χ4v) is 11.2. The zero-order valence-corrected chi connectivity index (χ0v) is 70.5. The predicted octanol–water partition coefficient (Wildman–Crippen LogP) is 7.51. The molecule has 4 aromatic carbocycles. The Morgan fingerprint density at radius 1 is 0.220 bits per heavy atom. The van der Waals surface area contributed by atoms with E-state index in [9.17, 15) is 0 Å². The van der Waals surface area contributed by atoms with Crippen LogP contribution in [0.25, 0.3) is 35.7 Å². The zero-order valence-electron chi connectivity index (χ0n) is 70.5. The lowest BCUT2D eigenvalue weighted by Crippen LogP contribution is -2.33. The van der Waals surface area contributed by atoms with E-state index in [1.165, 1.54) is 0 Å². The highest BCUT2D eigenvalue weighted by Crippen LogP contribution is 2.47. The molecule has 0 aromatic heterocycles. The molecule has 32 nitrogen and oxygen atoms in total. The van der Waals surface area contributed by atoms with E-state index in [1.54, 1.807) is 66.7 Å². The minimum absolute atomic E-state index is 0.137. The Kier molecular flexibility index (Phi) is 55.2. The molecule has 32 heteroatoms. The molecule has 0 fully saturated rings. The summed E-state index contributed by atoms with van der Waals surface area (Å²) in [6.45, 7) is 14.7. The summed E-state index contributed by atoms with van der Waals surface area (Å²) in [5.74, 6) is 1.67. The molecule has 2 aliphatic heterocycles. The Balaban J connectivity index is 1.34. The number of hydrogen-bond acceptors (Lipinski definition) is 30. The van der Waals surface area contributed by atoms with Crippen molar-refractivity contribution in [2.75, 3.05) is 347 Å². The standard InChI is InChI=1S/C86H128N2O30/c1-91-25-33-99-23-21-87-81(73-17-13-69(14-18-73)9-11-71-65-75(113-59-53-107-47-41-101-35-27-93-3)83(117-63-57-111-51-45-105-39-31-97-7)76(66-71)114-60-54-108-48-42-102-36-28-94-4)79-80(85(87)89)82(88(86(79)90)22-24-100-34-26-92-2)74-19-15-70(16-20-74)10-12-72-67-77(115-61-55-109-49-43-103-37-29-95-5)84(118-64-58-112-52-46-106-40-32-98-8)78(68-72)116-62-56-110-50-44-104-38-30-96-6/h9-20,65-68H,21-64H2,1-8H3/b11-9+,12-10+. The summed E-state index contributed by atoms with van der Waals surface area (Å²) >= 11 is 0. The van der Waals surface area contributed by atoms with Crippen LogP contribution in [-0.4, -0.2) is 369 Å². The van der Waals surface area contributed by atoms with Crippen molar-refractivity contribution in [3.05, 3.63) is 117 Å². The second-order valence-corrected chi connectivity index (χ2v) is 25.6. The number of nitrogens with zero attached hydrogens (tertiary/aromatic N) is 2. The second kappa shape index (κ2) is 65.5. The Morgan fingerprint density at radius 2 is 0.407 bits per heavy atom. The van der Waals surface area contributed by atoms with E-state index >= 15 is 9.59 Å². The molecule has 0 saturated heterocycles. The third-order valence-corrected chi connectivity index (χ3v) is 17.1. The average Bonchev–Trinajstić information content (AvgIpc) is 1.56. The number of methoxy groups -OCH3 is 8. The first-order valence-electron chi connectivity index (χ1n) is 40.1. The molecule has 662 valence electrons. The molecule has 0 spiro atoms. The van der Waals surface area contributed by atoms with Gasteiger partial charge < -0.3 is 142 Å². The predicted molar refractivity (Wildman–Crippen MR) is 440 cm³/mol. The van der Waals surface area contributed by atoms with Gasteiger partial charge in [0.1, 0.15) is 39.6 Å². The second-order valence-electron chi connectivity index (χ2n) is 25.6. The van der Waals surface area contributed by atoms with Crippen LogP contribution >= 0.6 is 0 Å². The fraction of sp³-hybridized carbons (Fsp3) is 0.605. The third-order valence-electron chi connectivity index (χ3n) is 17.1. The molecular formula is C86H128N2O30. The molecule has 0 aliphatic carbocycles. The van der Waals surface area contributed by atoms with Crippen LogP contribution in [0.15, 0.2) is 83.9 Å². The normalized spacial score (nSPS) is 13.0. The lowest BCUT2D eigenvalue weighted by Gasteiger charge is -2.25. The van der Waals surface area contributed by atoms with E-state index in [4.69, 9.17) is 133 Å². The zero-order chi connectivity index (χ0) is 83.8. The maximum atomic E-state index is 15.4. The van der Waals surface area contributed by atoms with Crippen molar-refractivity contribution in [3.8, 4) is 34.5 Å². The minimum atomic E-state index is -0.354. The summed E-state index contributed by atoms with van der Waals surface area (Å²) in [6.07, 6.45) is 7.76. The van der Waals surface area contributed by atoms with E-state index in [-0.39, 0.29) is 129 Å². The summed E-state index contributed by atoms with van der Waals surface area (Å²) in [5, 5.41) is 0. The fourth-order valence-electron chi connectivity index (χ4n) is 11.2. The number of fused-ring (bicyclic) bond motifs is 1. The highest BCUT2D eigenvalue weighted by molar-refractivity contribution is 6.30. The topological polar surface area (TPSA) is 299 Å². The van der Waals surface area contributed by atoms with Crippen LogP contribution in [0.2, 0.25) is 0 Å². The molecule has 2 heterocycles. The Morgan fingerprint density at radius 3 is 0.627 bits per heavy atom. The smallest absolute Gasteiger partial charge is 0.261 e. The molecule has 0 radical (unpaired) electrons. The SMILES string of the molecule is COCCOCCOCCOc1cc(/C=C/c2ccc(C3=C4C(=O)N(CCOCCOC)C(c5ccc(/C=C/c6cc(OCCOCCOCCOC)c(OCCOCCOCCOC)c(OCCOCCOCCOC)c6)cc5)=C4C(=O)N3CCOCCOC)cc2)cc(OCCOCCOCCOC)c1OCCOCCOCCOC. The van der Waals surface area contributed by atoms with Crippen molar-refractivity contribution in [2.24, 2.45) is 0 Å². The Labute approximate surface area is 695 Å². The van der Waals surface area contributed by atoms with Gasteiger partial charge in [-0.1, -0.05) is 72.8 Å².